The van der Waals surface area contributed by atoms with Crippen LogP contribution in [0.5, 0.6) is 0 Å². The molecule has 0 spiro atoms. The lowest BCUT2D eigenvalue weighted by Crippen LogP contribution is -2.33. The second kappa shape index (κ2) is 20.7. The van der Waals surface area contributed by atoms with Crippen molar-refractivity contribution in [1.29, 1.82) is 0 Å². The van der Waals surface area contributed by atoms with Crippen LogP contribution in [0.1, 0.15) is 156 Å². The number of rotatable bonds is 22. The predicted octanol–water partition coefficient (Wildman–Crippen LogP) is 9.62. The minimum Gasteiger partial charge on any atom is -0.375 e. The summed E-state index contributed by atoms with van der Waals surface area (Å²) in [5, 5.41) is 0. The first kappa shape index (κ1) is 27.0. The number of ether oxygens (including phenoxy) is 1. The second-order valence-corrected chi connectivity index (χ2v) is 8.88. The summed E-state index contributed by atoms with van der Waals surface area (Å²) in [7, 11) is 0. The van der Waals surface area contributed by atoms with E-state index in [9.17, 15) is 0 Å². The summed E-state index contributed by atoms with van der Waals surface area (Å²) in [5.41, 5.74) is 0.194. The first-order chi connectivity index (χ1) is 13.2. The van der Waals surface area contributed by atoms with E-state index in [4.69, 9.17) is 4.74 Å². The molecule has 1 nitrogen and oxygen atoms in total. The summed E-state index contributed by atoms with van der Waals surface area (Å²) in [6.45, 7) is 10.2. The van der Waals surface area contributed by atoms with Crippen LogP contribution < -0.4 is 0 Å². The molecule has 0 N–H and O–H groups in total. The fourth-order valence-corrected chi connectivity index (χ4v) is 4.19. The fraction of sp³-hybridized carbons (Fsp3) is 1.00. The van der Waals surface area contributed by atoms with Crippen LogP contribution >= 0.6 is 0 Å². The Labute approximate surface area is 173 Å². The van der Waals surface area contributed by atoms with Crippen molar-refractivity contribution in [2.45, 2.75) is 162 Å². The second-order valence-electron chi connectivity index (χ2n) is 8.88. The van der Waals surface area contributed by atoms with Gasteiger partial charge in [0.1, 0.15) is 0 Å². The Hall–Kier alpha value is -0.0400. The molecule has 0 aromatic heterocycles. The smallest absolute Gasteiger partial charge is 0.0682 e. The SMILES string of the molecule is CCCCCCCCC(CCCC)(CCCCCCCC)OCCCCC. The summed E-state index contributed by atoms with van der Waals surface area (Å²) in [5.74, 6) is 0. The number of hydrogen-bond donors (Lipinski definition) is 0. The van der Waals surface area contributed by atoms with Gasteiger partial charge in [-0.05, 0) is 25.7 Å². The Morgan fingerprint density at radius 3 is 1.26 bits per heavy atom. The molecular weight excluding hydrogens is 328 g/mol. The zero-order valence-electron chi connectivity index (χ0n) is 19.8. The Bertz CT molecular complexity index is 257. The van der Waals surface area contributed by atoms with Crippen molar-refractivity contribution in [2.24, 2.45) is 0 Å². The maximum Gasteiger partial charge on any atom is 0.0682 e. The third kappa shape index (κ3) is 16.6. The van der Waals surface area contributed by atoms with Gasteiger partial charge in [-0.1, -0.05) is 130 Å². The molecule has 0 atom stereocenters. The molecule has 0 bridgehead atoms. The monoisotopic (exact) mass is 382 g/mol. The van der Waals surface area contributed by atoms with Gasteiger partial charge in [-0.2, -0.15) is 0 Å². The fourth-order valence-electron chi connectivity index (χ4n) is 4.19. The highest BCUT2D eigenvalue weighted by atomic mass is 16.5. The van der Waals surface area contributed by atoms with Crippen molar-refractivity contribution in [3.8, 4) is 0 Å². The van der Waals surface area contributed by atoms with Crippen LogP contribution in [0.3, 0.4) is 0 Å². The van der Waals surface area contributed by atoms with Gasteiger partial charge < -0.3 is 4.74 Å². The molecule has 0 aliphatic carbocycles. The Balaban J connectivity index is 4.49. The van der Waals surface area contributed by atoms with Gasteiger partial charge in [-0.3, -0.25) is 0 Å². The molecule has 0 unspecified atom stereocenters. The topological polar surface area (TPSA) is 9.23 Å². The summed E-state index contributed by atoms with van der Waals surface area (Å²) in [4.78, 5) is 0. The Kier molecular flexibility index (Phi) is 20.7. The summed E-state index contributed by atoms with van der Waals surface area (Å²) < 4.78 is 6.69. The van der Waals surface area contributed by atoms with Gasteiger partial charge in [0.2, 0.25) is 0 Å². The minimum atomic E-state index is 0.194. The average molecular weight is 383 g/mol. The van der Waals surface area contributed by atoms with Crippen LogP contribution in [-0.4, -0.2) is 12.2 Å². The lowest BCUT2D eigenvalue weighted by molar-refractivity contribution is -0.0691. The quantitative estimate of drug-likeness (QED) is 0.169. The molecular formula is C26H54O. The van der Waals surface area contributed by atoms with Crippen molar-refractivity contribution >= 4 is 0 Å². The van der Waals surface area contributed by atoms with Gasteiger partial charge in [0, 0.05) is 6.61 Å². The molecule has 0 aliphatic heterocycles. The van der Waals surface area contributed by atoms with E-state index < -0.39 is 0 Å². The Morgan fingerprint density at radius 2 is 0.778 bits per heavy atom. The highest BCUT2D eigenvalue weighted by Gasteiger charge is 2.29. The third-order valence-electron chi connectivity index (χ3n) is 6.11. The van der Waals surface area contributed by atoms with E-state index in [0.717, 1.165) is 6.61 Å². The average Bonchev–Trinajstić information content (AvgIpc) is 2.69. The number of hydrogen-bond acceptors (Lipinski definition) is 1. The van der Waals surface area contributed by atoms with Crippen LogP contribution in [0.4, 0.5) is 0 Å². The van der Waals surface area contributed by atoms with Crippen molar-refractivity contribution < 1.29 is 4.74 Å². The summed E-state index contributed by atoms with van der Waals surface area (Å²) in [6.07, 6.45) is 27.1. The molecule has 0 amide bonds. The largest absolute Gasteiger partial charge is 0.375 e. The van der Waals surface area contributed by atoms with Crippen LogP contribution in [0, 0.1) is 0 Å². The summed E-state index contributed by atoms with van der Waals surface area (Å²) in [6, 6.07) is 0. The molecule has 0 saturated carbocycles. The van der Waals surface area contributed by atoms with Gasteiger partial charge in [0.25, 0.3) is 0 Å². The van der Waals surface area contributed by atoms with Crippen molar-refractivity contribution in [1.82, 2.24) is 0 Å². The molecule has 0 saturated heterocycles. The lowest BCUT2D eigenvalue weighted by Gasteiger charge is -2.35. The van der Waals surface area contributed by atoms with Gasteiger partial charge in [0.05, 0.1) is 5.60 Å². The van der Waals surface area contributed by atoms with E-state index >= 15 is 0 Å². The molecule has 0 radical (unpaired) electrons. The predicted molar refractivity (Wildman–Crippen MR) is 124 cm³/mol. The zero-order chi connectivity index (χ0) is 20.1. The van der Waals surface area contributed by atoms with Crippen molar-refractivity contribution in [3.63, 3.8) is 0 Å². The molecule has 0 aliphatic rings. The van der Waals surface area contributed by atoms with Crippen LogP contribution in [0.15, 0.2) is 0 Å². The molecule has 0 aromatic carbocycles. The maximum atomic E-state index is 6.69. The number of unbranched alkanes of at least 4 members (excludes halogenated alkanes) is 13. The highest BCUT2D eigenvalue weighted by Crippen LogP contribution is 2.33. The van der Waals surface area contributed by atoms with Gasteiger partial charge in [-0.15, -0.1) is 0 Å². The van der Waals surface area contributed by atoms with Crippen LogP contribution in [-0.2, 0) is 4.74 Å². The van der Waals surface area contributed by atoms with Crippen molar-refractivity contribution in [2.75, 3.05) is 6.61 Å². The van der Waals surface area contributed by atoms with Gasteiger partial charge in [0.15, 0.2) is 0 Å². The molecule has 0 rings (SSSR count). The normalized spacial score (nSPS) is 12.0. The maximum absolute atomic E-state index is 6.69. The van der Waals surface area contributed by atoms with Crippen LogP contribution in [0.2, 0.25) is 0 Å². The van der Waals surface area contributed by atoms with Crippen molar-refractivity contribution in [3.05, 3.63) is 0 Å². The van der Waals surface area contributed by atoms with Gasteiger partial charge in [-0.25, -0.2) is 0 Å². The van der Waals surface area contributed by atoms with E-state index in [1.54, 1.807) is 0 Å². The van der Waals surface area contributed by atoms with Crippen LogP contribution in [0.25, 0.3) is 0 Å². The molecule has 1 heteroatoms. The third-order valence-corrected chi connectivity index (χ3v) is 6.11. The first-order valence-electron chi connectivity index (χ1n) is 12.9. The van der Waals surface area contributed by atoms with E-state index in [0.29, 0.717) is 0 Å². The van der Waals surface area contributed by atoms with E-state index in [1.165, 1.54) is 128 Å². The molecule has 0 fully saturated rings. The Morgan fingerprint density at radius 1 is 0.407 bits per heavy atom. The molecule has 27 heavy (non-hydrogen) atoms. The molecule has 0 aromatic rings. The standard InChI is InChI=1S/C26H54O/c1-5-9-13-15-17-19-23-26(22-12-8-4,27-25-21-11-7-3)24-20-18-16-14-10-6-2/h5-25H2,1-4H3. The van der Waals surface area contributed by atoms with E-state index in [-0.39, 0.29) is 5.60 Å². The lowest BCUT2D eigenvalue weighted by atomic mass is 9.85. The minimum absolute atomic E-state index is 0.194. The van der Waals surface area contributed by atoms with Gasteiger partial charge >= 0.3 is 0 Å². The first-order valence-corrected chi connectivity index (χ1v) is 12.9. The summed E-state index contributed by atoms with van der Waals surface area (Å²) >= 11 is 0. The van der Waals surface area contributed by atoms with E-state index in [2.05, 4.69) is 27.7 Å². The van der Waals surface area contributed by atoms with E-state index in [1.807, 2.05) is 0 Å². The highest BCUT2D eigenvalue weighted by molar-refractivity contribution is 4.81. The molecule has 0 heterocycles. The molecule has 164 valence electrons. The zero-order valence-corrected chi connectivity index (χ0v) is 19.8.